The summed E-state index contributed by atoms with van der Waals surface area (Å²) in [4.78, 5) is 10.6. The number of nitro groups is 1. The van der Waals surface area contributed by atoms with E-state index in [4.69, 9.17) is 5.10 Å². The number of nitro benzene ring substituents is 1. The third-order valence-electron chi connectivity index (χ3n) is 5.35. The third-order valence-corrected chi connectivity index (χ3v) is 5.35. The highest BCUT2D eigenvalue weighted by Crippen LogP contribution is 2.40. The van der Waals surface area contributed by atoms with E-state index in [1.165, 1.54) is 12.1 Å². The quantitative estimate of drug-likeness (QED) is 0.535. The lowest BCUT2D eigenvalue weighted by molar-refractivity contribution is -0.384. The molecule has 3 aromatic rings. The molecule has 4 rings (SSSR count). The zero-order chi connectivity index (χ0) is 20.7. The molecule has 1 atom stereocenters. The first-order valence-electron chi connectivity index (χ1n) is 9.26. The second kappa shape index (κ2) is 7.05. The van der Waals surface area contributed by atoms with E-state index in [1.807, 2.05) is 42.7 Å². The number of benzene rings is 2. The summed E-state index contributed by atoms with van der Waals surface area (Å²) in [5, 5.41) is 32.5. The van der Waals surface area contributed by atoms with Crippen LogP contribution in [-0.2, 0) is 7.05 Å². The molecule has 0 saturated heterocycles. The minimum atomic E-state index is -0.419. The van der Waals surface area contributed by atoms with Gasteiger partial charge in [-0.25, -0.2) is 0 Å². The fourth-order valence-electron chi connectivity index (χ4n) is 3.85. The molecule has 0 amide bonds. The number of phenols is 1. The van der Waals surface area contributed by atoms with Crippen LogP contribution in [0.15, 0.2) is 53.6 Å². The Morgan fingerprint density at radius 3 is 2.41 bits per heavy atom. The maximum absolute atomic E-state index is 11.0. The van der Waals surface area contributed by atoms with E-state index in [0.717, 1.165) is 28.4 Å². The fraction of sp³-hybridized carbons (Fsp3) is 0.238. The average molecular weight is 391 g/mol. The van der Waals surface area contributed by atoms with Gasteiger partial charge in [-0.3, -0.25) is 19.8 Å². The highest BCUT2D eigenvalue weighted by molar-refractivity contribution is 6.05. The minimum absolute atomic E-state index is 0.0307. The molecule has 2 aromatic carbocycles. The molecule has 148 valence electrons. The number of aromatic hydroxyl groups is 1. The van der Waals surface area contributed by atoms with Crippen molar-refractivity contribution in [3.63, 3.8) is 0 Å². The van der Waals surface area contributed by atoms with Crippen molar-refractivity contribution in [1.29, 1.82) is 0 Å². The van der Waals surface area contributed by atoms with Gasteiger partial charge < -0.3 is 5.11 Å². The monoisotopic (exact) mass is 391 g/mol. The van der Waals surface area contributed by atoms with Crippen LogP contribution in [0.3, 0.4) is 0 Å². The second-order valence-corrected chi connectivity index (χ2v) is 7.11. The number of aromatic nitrogens is 2. The van der Waals surface area contributed by atoms with Crippen molar-refractivity contribution in [2.75, 3.05) is 5.01 Å². The van der Waals surface area contributed by atoms with Gasteiger partial charge in [-0.1, -0.05) is 12.1 Å². The number of aryl methyl sites for hydroxylation is 2. The topological polar surface area (TPSA) is 96.8 Å². The van der Waals surface area contributed by atoms with Crippen molar-refractivity contribution in [2.24, 2.45) is 12.1 Å². The molecule has 1 unspecified atom stereocenters. The van der Waals surface area contributed by atoms with Crippen LogP contribution in [0.25, 0.3) is 0 Å². The molecule has 0 fully saturated rings. The van der Waals surface area contributed by atoms with Crippen molar-refractivity contribution in [3.8, 4) is 5.75 Å². The molecule has 8 nitrogen and oxygen atoms in total. The fourth-order valence-corrected chi connectivity index (χ4v) is 3.85. The van der Waals surface area contributed by atoms with Gasteiger partial charge in [0.25, 0.3) is 5.69 Å². The summed E-state index contributed by atoms with van der Waals surface area (Å²) in [5.74, 6) is 0.176. The molecule has 0 bridgehead atoms. The lowest BCUT2D eigenvalue weighted by atomic mass is 9.96. The van der Waals surface area contributed by atoms with Gasteiger partial charge in [0.1, 0.15) is 5.75 Å². The van der Waals surface area contributed by atoms with Crippen LogP contribution in [0.4, 0.5) is 11.4 Å². The van der Waals surface area contributed by atoms with Gasteiger partial charge in [-0.05, 0) is 38.1 Å². The molecule has 8 heteroatoms. The van der Waals surface area contributed by atoms with Gasteiger partial charge in [0, 0.05) is 42.4 Å². The zero-order valence-corrected chi connectivity index (χ0v) is 16.4. The molecule has 2 heterocycles. The first-order chi connectivity index (χ1) is 13.9. The molecule has 1 aliphatic heterocycles. The average Bonchev–Trinajstić information content (AvgIpc) is 3.23. The normalized spacial score (nSPS) is 16.2. The summed E-state index contributed by atoms with van der Waals surface area (Å²) in [7, 11) is 1.90. The molecule has 0 spiro atoms. The zero-order valence-electron chi connectivity index (χ0n) is 16.4. The van der Waals surface area contributed by atoms with E-state index in [0.29, 0.717) is 12.0 Å². The Labute approximate surface area is 167 Å². The van der Waals surface area contributed by atoms with Crippen molar-refractivity contribution in [1.82, 2.24) is 9.78 Å². The van der Waals surface area contributed by atoms with Crippen LogP contribution in [0.1, 0.15) is 35.0 Å². The van der Waals surface area contributed by atoms with Crippen molar-refractivity contribution < 1.29 is 10.0 Å². The van der Waals surface area contributed by atoms with E-state index >= 15 is 0 Å². The number of hydrazone groups is 1. The van der Waals surface area contributed by atoms with E-state index in [1.54, 1.807) is 24.3 Å². The van der Waals surface area contributed by atoms with Gasteiger partial charge >= 0.3 is 0 Å². The summed E-state index contributed by atoms with van der Waals surface area (Å²) in [6.07, 6.45) is 0.585. The molecule has 1 aromatic heterocycles. The number of rotatable bonds is 4. The number of nitrogens with zero attached hydrogens (tertiary/aromatic N) is 5. The molecule has 29 heavy (non-hydrogen) atoms. The van der Waals surface area contributed by atoms with Crippen LogP contribution in [-0.4, -0.2) is 25.5 Å². The number of para-hydroxylation sites is 1. The molecular weight excluding hydrogens is 370 g/mol. The summed E-state index contributed by atoms with van der Waals surface area (Å²) in [6.45, 7) is 3.98. The summed E-state index contributed by atoms with van der Waals surface area (Å²) < 4.78 is 1.84. The lowest BCUT2D eigenvalue weighted by Crippen LogP contribution is -2.20. The standard InChI is InChI=1S/C21H21N5O3/c1-13-21(14(2)24(3)22-13)19-12-18(17-6-4-5-7-20(17)27)23-25(19)15-8-10-16(11-9-15)26(28)29/h4-11,19,27H,12H2,1-3H3. The Morgan fingerprint density at radius 1 is 1.14 bits per heavy atom. The van der Waals surface area contributed by atoms with Crippen LogP contribution in [0, 0.1) is 24.0 Å². The van der Waals surface area contributed by atoms with E-state index < -0.39 is 4.92 Å². The predicted molar refractivity (Wildman–Crippen MR) is 110 cm³/mol. The Hall–Kier alpha value is -3.68. The maximum atomic E-state index is 11.0. The molecule has 0 saturated carbocycles. The first kappa shape index (κ1) is 18.7. The largest absolute Gasteiger partial charge is 0.507 e. The maximum Gasteiger partial charge on any atom is 0.269 e. The Bertz CT molecular complexity index is 1120. The number of non-ortho nitro benzene ring substituents is 1. The first-order valence-corrected chi connectivity index (χ1v) is 9.26. The summed E-state index contributed by atoms with van der Waals surface area (Å²) in [6, 6.07) is 13.3. The molecule has 1 aliphatic rings. The van der Waals surface area contributed by atoms with Crippen LogP contribution >= 0.6 is 0 Å². The molecular formula is C21H21N5O3. The van der Waals surface area contributed by atoms with E-state index in [-0.39, 0.29) is 17.5 Å². The van der Waals surface area contributed by atoms with Crippen LogP contribution in [0.2, 0.25) is 0 Å². The SMILES string of the molecule is Cc1nn(C)c(C)c1C1CC(c2ccccc2O)=NN1c1ccc([N+](=O)[O-])cc1. The number of anilines is 1. The van der Waals surface area contributed by atoms with Crippen molar-refractivity contribution in [3.05, 3.63) is 81.2 Å². The smallest absolute Gasteiger partial charge is 0.269 e. The second-order valence-electron chi connectivity index (χ2n) is 7.11. The van der Waals surface area contributed by atoms with E-state index in [9.17, 15) is 15.2 Å². The Morgan fingerprint density at radius 2 is 1.83 bits per heavy atom. The minimum Gasteiger partial charge on any atom is -0.507 e. The molecule has 1 N–H and O–H groups in total. The molecule has 0 radical (unpaired) electrons. The number of hydrogen-bond acceptors (Lipinski definition) is 6. The van der Waals surface area contributed by atoms with Gasteiger partial charge in [0.15, 0.2) is 0 Å². The van der Waals surface area contributed by atoms with Crippen LogP contribution < -0.4 is 5.01 Å². The predicted octanol–water partition coefficient (Wildman–Crippen LogP) is 4.01. The molecule has 0 aliphatic carbocycles. The Balaban J connectivity index is 1.81. The summed E-state index contributed by atoms with van der Waals surface area (Å²) >= 11 is 0. The van der Waals surface area contributed by atoms with E-state index in [2.05, 4.69) is 5.10 Å². The number of hydrogen-bond donors (Lipinski definition) is 1. The highest BCUT2D eigenvalue weighted by Gasteiger charge is 2.34. The lowest BCUT2D eigenvalue weighted by Gasteiger charge is -2.24. The summed E-state index contributed by atoms with van der Waals surface area (Å²) in [5.41, 5.74) is 5.23. The van der Waals surface area contributed by atoms with Gasteiger partial charge in [0.2, 0.25) is 0 Å². The number of phenolic OH excluding ortho intramolecular Hbond substituents is 1. The van der Waals surface area contributed by atoms with Gasteiger partial charge in [-0.2, -0.15) is 10.2 Å². The van der Waals surface area contributed by atoms with Crippen molar-refractivity contribution >= 4 is 17.1 Å². The Kier molecular flexibility index (Phi) is 4.54. The van der Waals surface area contributed by atoms with Gasteiger partial charge in [-0.15, -0.1) is 0 Å². The van der Waals surface area contributed by atoms with Crippen molar-refractivity contribution in [2.45, 2.75) is 26.3 Å². The van der Waals surface area contributed by atoms with Crippen LogP contribution in [0.5, 0.6) is 5.75 Å². The van der Waals surface area contributed by atoms with Gasteiger partial charge in [0.05, 0.1) is 28.1 Å². The third kappa shape index (κ3) is 3.22. The highest BCUT2D eigenvalue weighted by atomic mass is 16.6.